The number of carbonyl (C=O) groups is 1. The number of hydrogen-bond donors (Lipinski definition) is 1. The van der Waals surface area contributed by atoms with E-state index in [9.17, 15) is 4.79 Å². The number of nitrogens with one attached hydrogen (secondary N) is 1. The second-order valence-electron chi connectivity index (χ2n) is 6.62. The number of pyridine rings is 1. The van der Waals surface area contributed by atoms with Gasteiger partial charge in [-0.15, -0.1) is 0 Å². The third-order valence-corrected chi connectivity index (χ3v) is 5.06. The summed E-state index contributed by atoms with van der Waals surface area (Å²) in [6.45, 7) is 4.64. The maximum absolute atomic E-state index is 12.5. The first kappa shape index (κ1) is 18.2. The zero-order valence-corrected chi connectivity index (χ0v) is 16.5. The Morgan fingerprint density at radius 1 is 1.19 bits per heavy atom. The molecule has 2 aromatic heterocycles. The first-order valence-corrected chi connectivity index (χ1v) is 9.77. The zero-order valence-electron chi connectivity index (χ0n) is 14.9. The molecule has 0 bridgehead atoms. The van der Waals surface area contributed by atoms with Crippen molar-refractivity contribution in [2.75, 3.05) is 26.3 Å². The molecule has 1 amide bonds. The number of morpholine rings is 1. The van der Waals surface area contributed by atoms with Gasteiger partial charge in [-0.25, -0.2) is 4.98 Å². The highest BCUT2D eigenvalue weighted by molar-refractivity contribution is 9.10. The zero-order chi connectivity index (χ0) is 18.6. The molecule has 0 radical (unpaired) electrons. The molecule has 3 heterocycles. The SMILES string of the molecule is O=C(NCc1cn2cc(Br)ccc2n1)c1cccc(CN2CCOCC2)c1. The molecule has 1 saturated heterocycles. The molecule has 1 aliphatic heterocycles. The van der Waals surface area contributed by atoms with Crippen LogP contribution in [0.3, 0.4) is 0 Å². The first-order chi connectivity index (χ1) is 13.2. The lowest BCUT2D eigenvalue weighted by atomic mass is 10.1. The monoisotopic (exact) mass is 428 g/mol. The fourth-order valence-electron chi connectivity index (χ4n) is 3.20. The summed E-state index contributed by atoms with van der Waals surface area (Å²) in [5.41, 5.74) is 3.50. The Balaban J connectivity index is 1.39. The van der Waals surface area contributed by atoms with Crippen LogP contribution in [-0.2, 0) is 17.8 Å². The summed E-state index contributed by atoms with van der Waals surface area (Å²) >= 11 is 3.45. The standard InChI is InChI=1S/C20H21BrN4O2/c21-17-4-5-19-23-18(14-25(19)13-17)11-22-20(26)16-3-1-2-15(10-16)12-24-6-8-27-9-7-24/h1-5,10,13-14H,6-9,11-12H2,(H,22,26). The fraction of sp³-hybridized carbons (Fsp3) is 0.300. The van der Waals surface area contributed by atoms with Gasteiger partial charge in [0.05, 0.1) is 25.5 Å². The maximum Gasteiger partial charge on any atom is 0.251 e. The third-order valence-electron chi connectivity index (χ3n) is 4.59. The lowest BCUT2D eigenvalue weighted by molar-refractivity contribution is 0.0342. The number of amides is 1. The van der Waals surface area contributed by atoms with E-state index in [4.69, 9.17) is 4.74 Å². The summed E-state index contributed by atoms with van der Waals surface area (Å²) in [5, 5.41) is 2.96. The highest BCUT2D eigenvalue weighted by atomic mass is 79.9. The summed E-state index contributed by atoms with van der Waals surface area (Å²) in [4.78, 5) is 19.4. The van der Waals surface area contributed by atoms with Gasteiger partial charge in [-0.05, 0) is 45.8 Å². The number of carbonyl (C=O) groups excluding carboxylic acids is 1. The molecule has 6 nitrogen and oxygen atoms in total. The molecular weight excluding hydrogens is 408 g/mol. The summed E-state index contributed by atoms with van der Waals surface area (Å²) in [7, 11) is 0. The first-order valence-electron chi connectivity index (χ1n) is 8.98. The minimum absolute atomic E-state index is 0.0861. The molecular formula is C20H21BrN4O2. The van der Waals surface area contributed by atoms with Gasteiger partial charge in [0, 0.05) is 42.1 Å². The number of benzene rings is 1. The molecule has 3 aromatic rings. The van der Waals surface area contributed by atoms with Crippen LogP contribution in [0.15, 0.2) is 53.3 Å². The van der Waals surface area contributed by atoms with Crippen molar-refractivity contribution in [1.29, 1.82) is 0 Å². The minimum Gasteiger partial charge on any atom is -0.379 e. The van der Waals surface area contributed by atoms with Crippen LogP contribution in [0.2, 0.25) is 0 Å². The average molecular weight is 429 g/mol. The number of hydrogen-bond acceptors (Lipinski definition) is 4. The Labute approximate surface area is 166 Å². The van der Waals surface area contributed by atoms with Gasteiger partial charge in [-0.2, -0.15) is 0 Å². The van der Waals surface area contributed by atoms with Crippen LogP contribution in [0.1, 0.15) is 21.6 Å². The number of fused-ring (bicyclic) bond motifs is 1. The van der Waals surface area contributed by atoms with E-state index in [1.165, 1.54) is 0 Å². The Hall–Kier alpha value is -2.22. The van der Waals surface area contributed by atoms with Gasteiger partial charge in [-0.1, -0.05) is 12.1 Å². The van der Waals surface area contributed by atoms with Crippen LogP contribution >= 0.6 is 15.9 Å². The van der Waals surface area contributed by atoms with Crippen LogP contribution in [0.5, 0.6) is 0 Å². The van der Waals surface area contributed by atoms with Gasteiger partial charge >= 0.3 is 0 Å². The highest BCUT2D eigenvalue weighted by Gasteiger charge is 2.12. The number of ether oxygens (including phenoxy) is 1. The molecule has 1 N–H and O–H groups in total. The topological polar surface area (TPSA) is 58.9 Å². The molecule has 4 rings (SSSR count). The van der Waals surface area contributed by atoms with Crippen molar-refractivity contribution in [1.82, 2.24) is 19.6 Å². The number of nitrogens with zero attached hydrogens (tertiary/aromatic N) is 3. The number of rotatable bonds is 5. The molecule has 1 aliphatic rings. The second-order valence-corrected chi connectivity index (χ2v) is 7.53. The molecule has 140 valence electrons. The van der Waals surface area contributed by atoms with Crippen molar-refractivity contribution >= 4 is 27.5 Å². The molecule has 1 aromatic carbocycles. The quantitative estimate of drug-likeness (QED) is 0.678. The van der Waals surface area contributed by atoms with E-state index in [1.54, 1.807) is 0 Å². The van der Waals surface area contributed by atoms with Gasteiger partial charge in [0.25, 0.3) is 5.91 Å². The Morgan fingerprint density at radius 2 is 2.04 bits per heavy atom. The summed E-state index contributed by atoms with van der Waals surface area (Å²) in [6, 6.07) is 11.7. The number of halogens is 1. The third kappa shape index (κ3) is 4.55. The molecule has 1 fully saturated rings. The predicted molar refractivity (Wildman–Crippen MR) is 107 cm³/mol. The Bertz CT molecular complexity index is 950. The largest absolute Gasteiger partial charge is 0.379 e. The lowest BCUT2D eigenvalue weighted by Gasteiger charge is -2.26. The average Bonchev–Trinajstić information content (AvgIpc) is 3.09. The van der Waals surface area contributed by atoms with Crippen molar-refractivity contribution < 1.29 is 9.53 Å². The van der Waals surface area contributed by atoms with E-state index < -0.39 is 0 Å². The summed E-state index contributed by atoms with van der Waals surface area (Å²) in [5.74, 6) is -0.0861. The normalized spacial score (nSPS) is 15.1. The highest BCUT2D eigenvalue weighted by Crippen LogP contribution is 2.13. The van der Waals surface area contributed by atoms with Crippen LogP contribution in [0.25, 0.3) is 5.65 Å². The van der Waals surface area contributed by atoms with Crippen LogP contribution < -0.4 is 5.32 Å². The molecule has 0 unspecified atom stereocenters. The van der Waals surface area contributed by atoms with Crippen molar-refractivity contribution in [3.63, 3.8) is 0 Å². The van der Waals surface area contributed by atoms with E-state index in [1.807, 2.05) is 47.1 Å². The van der Waals surface area contributed by atoms with Gasteiger partial charge in [0.2, 0.25) is 0 Å². The second kappa shape index (κ2) is 8.21. The van der Waals surface area contributed by atoms with E-state index in [0.29, 0.717) is 12.1 Å². The molecule has 7 heteroatoms. The van der Waals surface area contributed by atoms with Crippen LogP contribution in [0, 0.1) is 0 Å². The van der Waals surface area contributed by atoms with Gasteiger partial charge in [0.1, 0.15) is 5.65 Å². The van der Waals surface area contributed by atoms with Gasteiger partial charge in [0.15, 0.2) is 0 Å². The Kier molecular flexibility index (Phi) is 5.52. The molecule has 0 aliphatic carbocycles. The Morgan fingerprint density at radius 3 is 2.89 bits per heavy atom. The van der Waals surface area contributed by atoms with E-state index in [2.05, 4.69) is 37.2 Å². The van der Waals surface area contributed by atoms with Crippen molar-refractivity contribution in [3.05, 3.63) is 70.1 Å². The van der Waals surface area contributed by atoms with Crippen LogP contribution in [0.4, 0.5) is 0 Å². The molecule has 0 spiro atoms. The number of aromatic nitrogens is 2. The van der Waals surface area contributed by atoms with E-state index in [0.717, 1.165) is 54.2 Å². The van der Waals surface area contributed by atoms with E-state index >= 15 is 0 Å². The van der Waals surface area contributed by atoms with Gasteiger partial charge in [-0.3, -0.25) is 9.69 Å². The summed E-state index contributed by atoms with van der Waals surface area (Å²) in [6.07, 6.45) is 3.87. The lowest BCUT2D eigenvalue weighted by Crippen LogP contribution is -2.35. The van der Waals surface area contributed by atoms with Crippen LogP contribution in [-0.4, -0.2) is 46.5 Å². The smallest absolute Gasteiger partial charge is 0.251 e. The van der Waals surface area contributed by atoms with Crippen molar-refractivity contribution in [3.8, 4) is 0 Å². The molecule has 0 saturated carbocycles. The molecule has 27 heavy (non-hydrogen) atoms. The minimum atomic E-state index is -0.0861. The maximum atomic E-state index is 12.5. The molecule has 0 atom stereocenters. The predicted octanol–water partition coefficient (Wildman–Crippen LogP) is 2.86. The van der Waals surface area contributed by atoms with Crippen molar-refractivity contribution in [2.24, 2.45) is 0 Å². The van der Waals surface area contributed by atoms with Crippen molar-refractivity contribution in [2.45, 2.75) is 13.1 Å². The van der Waals surface area contributed by atoms with Gasteiger partial charge < -0.3 is 14.5 Å². The fourth-order valence-corrected chi connectivity index (χ4v) is 3.56. The summed E-state index contributed by atoms with van der Waals surface area (Å²) < 4.78 is 8.31. The number of imidazole rings is 1. The van der Waals surface area contributed by atoms with E-state index in [-0.39, 0.29) is 5.91 Å².